The monoisotopic (exact) mass is 371 g/mol. The average Bonchev–Trinajstić information content (AvgIpc) is 2.41. The van der Waals surface area contributed by atoms with Crippen LogP contribution in [0.1, 0.15) is 18.4 Å². The summed E-state index contributed by atoms with van der Waals surface area (Å²) in [6, 6.07) is 3.56. The summed E-state index contributed by atoms with van der Waals surface area (Å²) in [6.07, 6.45) is -2.89. The SMILES string of the molecule is FC(F)(F)c1ccc(NC2(CCl)CCOCC2)c(Br)c1. The Hall–Kier alpha value is -0.460. The Balaban J connectivity index is 2.21. The number of anilines is 1. The van der Waals surface area contributed by atoms with Crippen LogP contribution in [0, 0.1) is 0 Å². The van der Waals surface area contributed by atoms with Gasteiger partial charge in [0.05, 0.1) is 11.1 Å². The van der Waals surface area contributed by atoms with Crippen molar-refractivity contribution in [2.45, 2.75) is 24.6 Å². The predicted octanol–water partition coefficient (Wildman–Crippen LogP) is 4.67. The van der Waals surface area contributed by atoms with Gasteiger partial charge in [0.1, 0.15) is 0 Å². The van der Waals surface area contributed by atoms with Gasteiger partial charge in [-0.25, -0.2) is 0 Å². The second-order valence-electron chi connectivity index (χ2n) is 4.84. The van der Waals surface area contributed by atoms with Crippen LogP contribution in [0.25, 0.3) is 0 Å². The van der Waals surface area contributed by atoms with Gasteiger partial charge < -0.3 is 10.1 Å². The van der Waals surface area contributed by atoms with Crippen molar-refractivity contribution in [2.75, 3.05) is 24.4 Å². The van der Waals surface area contributed by atoms with Gasteiger partial charge in [0, 0.05) is 29.3 Å². The Labute approximate surface area is 128 Å². The second kappa shape index (κ2) is 6.12. The molecule has 1 aromatic rings. The molecular formula is C13H14BrClF3NO. The summed E-state index contributed by atoms with van der Waals surface area (Å²) in [5.74, 6) is 0.379. The van der Waals surface area contributed by atoms with Crippen molar-refractivity contribution in [1.82, 2.24) is 0 Å². The minimum absolute atomic E-state index is 0.331. The lowest BCUT2D eigenvalue weighted by molar-refractivity contribution is -0.137. The van der Waals surface area contributed by atoms with Crippen molar-refractivity contribution in [2.24, 2.45) is 0 Å². The van der Waals surface area contributed by atoms with E-state index >= 15 is 0 Å². The lowest BCUT2D eigenvalue weighted by Crippen LogP contribution is -2.45. The Morgan fingerprint density at radius 3 is 2.45 bits per heavy atom. The molecule has 0 saturated carbocycles. The third-order valence-electron chi connectivity index (χ3n) is 3.40. The largest absolute Gasteiger partial charge is 0.416 e. The number of benzene rings is 1. The average molecular weight is 373 g/mol. The number of ether oxygens (including phenoxy) is 1. The third-order valence-corrected chi connectivity index (χ3v) is 4.57. The van der Waals surface area contributed by atoms with E-state index in [0.29, 0.717) is 29.3 Å². The molecular weight excluding hydrogens is 358 g/mol. The maximum absolute atomic E-state index is 12.6. The zero-order valence-electron chi connectivity index (χ0n) is 10.6. The van der Waals surface area contributed by atoms with Gasteiger partial charge in [-0.3, -0.25) is 0 Å². The molecule has 1 saturated heterocycles. The van der Waals surface area contributed by atoms with Crippen LogP contribution >= 0.6 is 27.5 Å². The number of nitrogens with one attached hydrogen (secondary N) is 1. The zero-order valence-corrected chi connectivity index (χ0v) is 12.9. The van der Waals surface area contributed by atoms with Crippen molar-refractivity contribution < 1.29 is 17.9 Å². The summed E-state index contributed by atoms with van der Waals surface area (Å²) in [4.78, 5) is 0. The second-order valence-corrected chi connectivity index (χ2v) is 5.97. The zero-order chi connectivity index (χ0) is 14.8. The van der Waals surface area contributed by atoms with Crippen molar-refractivity contribution >= 4 is 33.2 Å². The van der Waals surface area contributed by atoms with E-state index in [4.69, 9.17) is 16.3 Å². The predicted molar refractivity (Wildman–Crippen MR) is 76.3 cm³/mol. The highest BCUT2D eigenvalue weighted by molar-refractivity contribution is 9.10. The number of hydrogen-bond acceptors (Lipinski definition) is 2. The van der Waals surface area contributed by atoms with E-state index in [1.807, 2.05) is 0 Å². The van der Waals surface area contributed by atoms with Gasteiger partial charge >= 0.3 is 6.18 Å². The molecule has 2 rings (SSSR count). The summed E-state index contributed by atoms with van der Waals surface area (Å²) in [6.45, 7) is 1.19. The maximum atomic E-state index is 12.6. The maximum Gasteiger partial charge on any atom is 0.416 e. The van der Waals surface area contributed by atoms with Gasteiger partial charge in [0.25, 0.3) is 0 Å². The van der Waals surface area contributed by atoms with Gasteiger partial charge in [-0.05, 0) is 47.0 Å². The molecule has 0 aromatic heterocycles. The summed E-state index contributed by atoms with van der Waals surface area (Å²) in [5, 5.41) is 3.26. The molecule has 1 aliphatic rings. The highest BCUT2D eigenvalue weighted by atomic mass is 79.9. The summed E-state index contributed by atoms with van der Waals surface area (Å²) in [7, 11) is 0. The Bertz CT molecular complexity index is 475. The fourth-order valence-electron chi connectivity index (χ4n) is 2.13. The van der Waals surface area contributed by atoms with E-state index in [1.54, 1.807) is 0 Å². The topological polar surface area (TPSA) is 21.3 Å². The van der Waals surface area contributed by atoms with E-state index in [-0.39, 0.29) is 5.54 Å². The molecule has 0 bridgehead atoms. The molecule has 2 nitrogen and oxygen atoms in total. The van der Waals surface area contributed by atoms with Gasteiger partial charge in [0.15, 0.2) is 0 Å². The molecule has 0 unspecified atom stereocenters. The molecule has 0 aliphatic carbocycles. The molecule has 1 aliphatic heterocycles. The number of rotatable bonds is 3. The Morgan fingerprint density at radius 2 is 1.95 bits per heavy atom. The lowest BCUT2D eigenvalue weighted by Gasteiger charge is -2.37. The summed E-state index contributed by atoms with van der Waals surface area (Å²) >= 11 is 9.21. The van der Waals surface area contributed by atoms with Crippen molar-refractivity contribution in [1.29, 1.82) is 0 Å². The smallest absolute Gasteiger partial charge is 0.381 e. The first-order valence-corrected chi connectivity index (χ1v) is 7.48. The van der Waals surface area contributed by atoms with Crippen molar-refractivity contribution in [3.05, 3.63) is 28.2 Å². The molecule has 7 heteroatoms. The van der Waals surface area contributed by atoms with Crippen LogP contribution in [0.4, 0.5) is 18.9 Å². The van der Waals surface area contributed by atoms with Crippen LogP contribution in [-0.4, -0.2) is 24.6 Å². The normalized spacial score (nSPS) is 18.9. The van der Waals surface area contributed by atoms with Crippen LogP contribution in [0.3, 0.4) is 0 Å². The van der Waals surface area contributed by atoms with Crippen LogP contribution in [0.15, 0.2) is 22.7 Å². The highest BCUT2D eigenvalue weighted by Gasteiger charge is 2.34. The first-order chi connectivity index (χ1) is 9.36. The quantitative estimate of drug-likeness (QED) is 0.779. The van der Waals surface area contributed by atoms with E-state index < -0.39 is 11.7 Å². The molecule has 0 spiro atoms. The van der Waals surface area contributed by atoms with Gasteiger partial charge in [-0.15, -0.1) is 11.6 Å². The van der Waals surface area contributed by atoms with E-state index in [0.717, 1.165) is 25.0 Å². The number of hydrogen-bond donors (Lipinski definition) is 1. The van der Waals surface area contributed by atoms with E-state index in [1.165, 1.54) is 6.07 Å². The van der Waals surface area contributed by atoms with E-state index in [9.17, 15) is 13.2 Å². The Morgan fingerprint density at radius 1 is 1.30 bits per heavy atom. The minimum atomic E-state index is -4.34. The Kier molecular flexibility index (Phi) is 4.87. The molecule has 1 heterocycles. The highest BCUT2D eigenvalue weighted by Crippen LogP contribution is 2.36. The number of alkyl halides is 4. The molecule has 1 aromatic carbocycles. The fourth-order valence-corrected chi connectivity index (χ4v) is 2.94. The summed E-state index contributed by atoms with van der Waals surface area (Å²) < 4.78 is 43.5. The molecule has 0 atom stereocenters. The molecule has 20 heavy (non-hydrogen) atoms. The van der Waals surface area contributed by atoms with E-state index in [2.05, 4.69) is 21.2 Å². The fraction of sp³-hybridized carbons (Fsp3) is 0.538. The lowest BCUT2D eigenvalue weighted by atomic mass is 9.92. The molecule has 0 amide bonds. The standard InChI is InChI=1S/C13H14BrClF3NO/c14-10-7-9(13(16,17)18)1-2-11(10)19-12(8-15)3-5-20-6-4-12/h1-2,7,19H,3-6,8H2. The van der Waals surface area contributed by atoms with Gasteiger partial charge in [0.2, 0.25) is 0 Å². The van der Waals surface area contributed by atoms with Crippen LogP contribution in [0.2, 0.25) is 0 Å². The molecule has 0 radical (unpaired) electrons. The molecule has 1 fully saturated rings. The molecule has 1 N–H and O–H groups in total. The van der Waals surface area contributed by atoms with Crippen LogP contribution in [0.5, 0.6) is 0 Å². The number of halogens is 5. The van der Waals surface area contributed by atoms with Crippen LogP contribution < -0.4 is 5.32 Å². The summed E-state index contributed by atoms with van der Waals surface area (Å²) in [5.41, 5.74) is -0.399. The van der Waals surface area contributed by atoms with Gasteiger partial charge in [-0.1, -0.05) is 0 Å². The first-order valence-electron chi connectivity index (χ1n) is 6.15. The van der Waals surface area contributed by atoms with Crippen molar-refractivity contribution in [3.63, 3.8) is 0 Å². The van der Waals surface area contributed by atoms with Crippen molar-refractivity contribution in [3.8, 4) is 0 Å². The van der Waals surface area contributed by atoms with Gasteiger partial charge in [-0.2, -0.15) is 13.2 Å². The third kappa shape index (κ3) is 3.59. The first kappa shape index (κ1) is 15.9. The van der Waals surface area contributed by atoms with Crippen LogP contribution in [-0.2, 0) is 10.9 Å². The minimum Gasteiger partial charge on any atom is -0.381 e. The molecule has 112 valence electrons.